The van der Waals surface area contributed by atoms with E-state index in [1.165, 1.54) is 13.2 Å². The number of hydrogen-bond donors (Lipinski definition) is 2. The number of nitrogens with zero attached hydrogens (tertiary/aromatic N) is 1. The molecular weight excluding hydrogens is 445 g/mol. The van der Waals surface area contributed by atoms with E-state index in [0.717, 1.165) is 5.56 Å². The molecule has 0 spiro atoms. The first-order valence-corrected chi connectivity index (χ1v) is 10.1. The maximum absolute atomic E-state index is 12.5. The van der Waals surface area contributed by atoms with Gasteiger partial charge in [-0.05, 0) is 55.0 Å². The van der Waals surface area contributed by atoms with Gasteiger partial charge in [0.2, 0.25) is 0 Å². The highest BCUT2D eigenvalue weighted by molar-refractivity contribution is 7.80. The van der Waals surface area contributed by atoms with E-state index in [1.807, 2.05) is 19.1 Å². The second kappa shape index (κ2) is 9.04. The molecule has 30 heavy (non-hydrogen) atoms. The molecule has 2 N–H and O–H groups in total. The third-order valence-electron chi connectivity index (χ3n) is 4.84. The summed E-state index contributed by atoms with van der Waals surface area (Å²) >= 11 is 17.2. The van der Waals surface area contributed by atoms with Crippen molar-refractivity contribution in [2.45, 2.75) is 13.0 Å². The van der Waals surface area contributed by atoms with Gasteiger partial charge >= 0.3 is 5.97 Å². The fourth-order valence-corrected chi connectivity index (χ4v) is 3.61. The Kier molecular flexibility index (Phi) is 6.65. The van der Waals surface area contributed by atoms with Gasteiger partial charge < -0.3 is 20.3 Å². The van der Waals surface area contributed by atoms with E-state index < -0.39 is 12.0 Å². The Morgan fingerprint density at radius 2 is 1.80 bits per heavy atom. The Labute approximate surface area is 189 Å². The van der Waals surface area contributed by atoms with Crippen molar-refractivity contribution in [3.63, 3.8) is 0 Å². The standard InChI is InChI=1S/C21H19Cl2N3O3S/c1-11-17(20(28)29-3)18(25-21(30)26(11)2)12-4-7-14(8-5-12)24-19(27)13-6-9-15(22)16(23)10-13/h4-10,18H,1-3H3,(H,24,27)(H,25,30). The molecule has 0 bridgehead atoms. The van der Waals surface area contributed by atoms with E-state index in [0.29, 0.717) is 37.7 Å². The molecule has 0 fully saturated rings. The lowest BCUT2D eigenvalue weighted by Crippen LogP contribution is -2.46. The first kappa shape index (κ1) is 22.1. The molecule has 0 saturated carbocycles. The molecule has 0 radical (unpaired) electrons. The molecule has 2 aromatic rings. The monoisotopic (exact) mass is 463 g/mol. The van der Waals surface area contributed by atoms with Gasteiger partial charge in [-0.25, -0.2) is 4.79 Å². The summed E-state index contributed by atoms with van der Waals surface area (Å²) < 4.78 is 4.95. The molecule has 6 nitrogen and oxygen atoms in total. The van der Waals surface area contributed by atoms with Gasteiger partial charge in [0.1, 0.15) is 0 Å². The van der Waals surface area contributed by atoms with Gasteiger partial charge in [0.05, 0.1) is 28.8 Å². The first-order chi connectivity index (χ1) is 14.2. The summed E-state index contributed by atoms with van der Waals surface area (Å²) in [6.45, 7) is 1.82. The molecule has 2 aromatic carbocycles. The molecule has 0 saturated heterocycles. The van der Waals surface area contributed by atoms with Crippen LogP contribution in [0.2, 0.25) is 10.0 Å². The number of esters is 1. The normalized spacial score (nSPS) is 16.2. The molecule has 3 rings (SSSR count). The molecule has 9 heteroatoms. The SMILES string of the molecule is COC(=O)C1=C(C)N(C)C(=S)NC1c1ccc(NC(=O)c2ccc(Cl)c(Cl)c2)cc1. The summed E-state index contributed by atoms with van der Waals surface area (Å²) in [6, 6.07) is 11.3. The number of thiocarbonyl (C=S) groups is 1. The second-order valence-electron chi connectivity index (χ2n) is 6.64. The van der Waals surface area contributed by atoms with Gasteiger partial charge in [-0.15, -0.1) is 0 Å². The Morgan fingerprint density at radius 1 is 1.13 bits per heavy atom. The average molecular weight is 464 g/mol. The number of benzene rings is 2. The van der Waals surface area contributed by atoms with Crippen LogP contribution in [0.15, 0.2) is 53.7 Å². The summed E-state index contributed by atoms with van der Waals surface area (Å²) in [5.74, 6) is -0.748. The zero-order chi connectivity index (χ0) is 22.0. The lowest BCUT2D eigenvalue weighted by molar-refractivity contribution is -0.136. The Balaban J connectivity index is 1.83. The minimum Gasteiger partial charge on any atom is -0.466 e. The minimum atomic E-state index is -0.457. The molecule has 1 aliphatic rings. The summed E-state index contributed by atoms with van der Waals surface area (Å²) in [7, 11) is 3.12. The van der Waals surface area contributed by atoms with Gasteiger partial charge in [-0.3, -0.25) is 4.79 Å². The number of anilines is 1. The topological polar surface area (TPSA) is 70.7 Å². The number of carbonyl (C=O) groups is 2. The number of methoxy groups -OCH3 is 1. The van der Waals surface area contributed by atoms with E-state index >= 15 is 0 Å². The molecule has 1 unspecified atom stereocenters. The Hall–Kier alpha value is -2.61. The second-order valence-corrected chi connectivity index (χ2v) is 7.84. The fourth-order valence-electron chi connectivity index (χ4n) is 3.06. The number of ether oxygens (including phenoxy) is 1. The van der Waals surface area contributed by atoms with E-state index in [2.05, 4.69) is 10.6 Å². The van der Waals surface area contributed by atoms with Gasteiger partial charge in [0.15, 0.2) is 5.11 Å². The predicted molar refractivity (Wildman–Crippen MR) is 122 cm³/mol. The molecule has 1 aliphatic heterocycles. The number of allylic oxidation sites excluding steroid dienone is 1. The van der Waals surface area contributed by atoms with Crippen LogP contribution in [-0.2, 0) is 9.53 Å². The van der Waals surface area contributed by atoms with Crippen LogP contribution in [0.5, 0.6) is 0 Å². The molecule has 1 amide bonds. The molecule has 1 atom stereocenters. The van der Waals surface area contributed by atoms with Gasteiger partial charge in [0, 0.05) is 24.0 Å². The van der Waals surface area contributed by atoms with E-state index in [9.17, 15) is 9.59 Å². The summed E-state index contributed by atoms with van der Waals surface area (Å²) in [5.41, 5.74) is 2.97. The maximum Gasteiger partial charge on any atom is 0.337 e. The van der Waals surface area contributed by atoms with E-state index in [-0.39, 0.29) is 5.91 Å². The third kappa shape index (κ3) is 4.43. The predicted octanol–water partition coefficient (Wildman–Crippen LogP) is 4.55. The summed E-state index contributed by atoms with van der Waals surface area (Å²) in [6.07, 6.45) is 0. The van der Waals surface area contributed by atoms with E-state index in [4.69, 9.17) is 40.2 Å². The van der Waals surface area contributed by atoms with Crippen LogP contribution in [0.4, 0.5) is 5.69 Å². The van der Waals surface area contributed by atoms with Crippen molar-refractivity contribution in [3.05, 3.63) is 74.9 Å². The first-order valence-electron chi connectivity index (χ1n) is 8.92. The molecule has 0 aliphatic carbocycles. The number of halogens is 2. The Morgan fingerprint density at radius 3 is 2.40 bits per heavy atom. The maximum atomic E-state index is 12.5. The average Bonchev–Trinajstić information content (AvgIpc) is 2.73. The molecule has 156 valence electrons. The number of carbonyl (C=O) groups excluding carboxylic acids is 2. The Bertz CT molecular complexity index is 1050. The molecule has 0 aromatic heterocycles. The van der Waals surface area contributed by atoms with Crippen LogP contribution in [0.3, 0.4) is 0 Å². The zero-order valence-electron chi connectivity index (χ0n) is 16.5. The van der Waals surface area contributed by atoms with Crippen molar-refractivity contribution in [2.75, 3.05) is 19.5 Å². The highest BCUT2D eigenvalue weighted by Crippen LogP contribution is 2.31. The van der Waals surface area contributed by atoms with Gasteiger partial charge in [-0.2, -0.15) is 0 Å². The molecule has 1 heterocycles. The van der Waals surface area contributed by atoms with Crippen molar-refractivity contribution >= 4 is 58.1 Å². The number of amides is 1. The zero-order valence-corrected chi connectivity index (χ0v) is 18.8. The van der Waals surface area contributed by atoms with Crippen LogP contribution >= 0.6 is 35.4 Å². The highest BCUT2D eigenvalue weighted by Gasteiger charge is 2.33. The number of nitrogens with one attached hydrogen (secondary N) is 2. The van der Waals surface area contributed by atoms with Crippen LogP contribution < -0.4 is 10.6 Å². The largest absolute Gasteiger partial charge is 0.466 e. The van der Waals surface area contributed by atoms with Crippen LogP contribution in [0, 0.1) is 0 Å². The number of rotatable bonds is 4. The van der Waals surface area contributed by atoms with Crippen molar-refractivity contribution in [1.29, 1.82) is 0 Å². The lowest BCUT2D eigenvalue weighted by atomic mass is 9.95. The van der Waals surface area contributed by atoms with Gasteiger partial charge in [-0.1, -0.05) is 35.3 Å². The van der Waals surface area contributed by atoms with Crippen molar-refractivity contribution in [1.82, 2.24) is 10.2 Å². The van der Waals surface area contributed by atoms with Gasteiger partial charge in [0.25, 0.3) is 5.91 Å². The minimum absolute atomic E-state index is 0.307. The smallest absolute Gasteiger partial charge is 0.337 e. The summed E-state index contributed by atoms with van der Waals surface area (Å²) in [4.78, 5) is 26.5. The summed E-state index contributed by atoms with van der Waals surface area (Å²) in [5, 5.41) is 7.16. The van der Waals surface area contributed by atoms with E-state index in [1.54, 1.807) is 36.2 Å². The van der Waals surface area contributed by atoms with Crippen LogP contribution in [0.1, 0.15) is 28.9 Å². The van der Waals surface area contributed by atoms with Crippen molar-refractivity contribution in [3.8, 4) is 0 Å². The number of hydrogen-bond acceptors (Lipinski definition) is 4. The molecular formula is C21H19Cl2N3O3S. The fraction of sp³-hybridized carbons (Fsp3) is 0.190. The highest BCUT2D eigenvalue weighted by atomic mass is 35.5. The lowest BCUT2D eigenvalue weighted by Gasteiger charge is -2.35. The van der Waals surface area contributed by atoms with Crippen LogP contribution in [0.25, 0.3) is 0 Å². The van der Waals surface area contributed by atoms with Crippen molar-refractivity contribution < 1.29 is 14.3 Å². The van der Waals surface area contributed by atoms with Crippen molar-refractivity contribution in [2.24, 2.45) is 0 Å². The third-order valence-corrected chi connectivity index (χ3v) is 5.97. The quantitative estimate of drug-likeness (QED) is 0.511. The van der Waals surface area contributed by atoms with Crippen LogP contribution in [-0.4, -0.2) is 36.0 Å².